The Kier molecular flexibility index (Phi) is 6.21. The van der Waals surface area contributed by atoms with Crippen LogP contribution < -0.4 is 16.3 Å². The summed E-state index contributed by atoms with van der Waals surface area (Å²) in [6.45, 7) is 5.00. The molecular formula is C30H29N3O6. The molecule has 2 aliphatic heterocycles. The number of rotatable bonds is 5. The lowest BCUT2D eigenvalue weighted by Gasteiger charge is -2.43. The van der Waals surface area contributed by atoms with Gasteiger partial charge in [0.15, 0.2) is 5.58 Å². The molecule has 1 fully saturated rings. The molecule has 6 rings (SSSR count). The van der Waals surface area contributed by atoms with E-state index in [0.29, 0.717) is 42.3 Å². The minimum atomic E-state index is -0.749. The molecule has 0 aliphatic carbocycles. The van der Waals surface area contributed by atoms with Gasteiger partial charge in [-0.15, -0.1) is 0 Å². The van der Waals surface area contributed by atoms with Gasteiger partial charge in [0.25, 0.3) is 5.56 Å². The highest BCUT2D eigenvalue weighted by Gasteiger charge is 2.37. The quantitative estimate of drug-likeness (QED) is 0.426. The molecule has 0 radical (unpaired) electrons. The highest BCUT2D eigenvalue weighted by atomic mass is 16.4. The summed E-state index contributed by atoms with van der Waals surface area (Å²) in [5.74, 6) is 0.554. The molecular weight excluding hydrogens is 498 g/mol. The summed E-state index contributed by atoms with van der Waals surface area (Å²) in [7, 11) is 0. The highest BCUT2D eigenvalue weighted by molar-refractivity contribution is 5.92. The molecule has 9 heteroatoms. The Morgan fingerprint density at radius 2 is 1.79 bits per heavy atom. The number of carbonyl (C=O) groups is 2. The zero-order chi connectivity index (χ0) is 27.3. The molecule has 9 nitrogen and oxygen atoms in total. The van der Waals surface area contributed by atoms with E-state index in [1.807, 2.05) is 41.0 Å². The van der Waals surface area contributed by atoms with Gasteiger partial charge >= 0.3 is 0 Å². The fraction of sp³-hybridized carbons (Fsp3) is 0.333. The summed E-state index contributed by atoms with van der Waals surface area (Å²) >= 11 is 0. The normalized spacial score (nSPS) is 19.0. The maximum Gasteiger partial charge on any atom is 0.250 e. The molecule has 2 aliphatic rings. The van der Waals surface area contributed by atoms with Crippen LogP contribution in [0.3, 0.4) is 0 Å². The first-order valence-electron chi connectivity index (χ1n) is 13.2. The van der Waals surface area contributed by atoms with E-state index in [1.165, 1.54) is 6.07 Å². The van der Waals surface area contributed by atoms with Crippen molar-refractivity contribution in [1.82, 2.24) is 14.8 Å². The smallest absolute Gasteiger partial charge is 0.250 e. The van der Waals surface area contributed by atoms with Crippen molar-refractivity contribution in [2.24, 2.45) is 5.92 Å². The second kappa shape index (κ2) is 9.72. The number of nitrogens with zero attached hydrogens (tertiary/aromatic N) is 2. The maximum absolute atomic E-state index is 13.4. The lowest BCUT2D eigenvalue weighted by Crippen LogP contribution is -2.54. The van der Waals surface area contributed by atoms with Gasteiger partial charge in [-0.25, -0.2) is 0 Å². The Morgan fingerprint density at radius 1 is 1.00 bits per heavy atom. The average Bonchev–Trinajstić information content (AvgIpc) is 3.27. The number of fused-ring (bicyclic) bond motifs is 5. The Morgan fingerprint density at radius 3 is 2.59 bits per heavy atom. The number of hydrogen-bond acceptors (Lipinski definition) is 6. The van der Waals surface area contributed by atoms with Crippen LogP contribution in [0.25, 0.3) is 22.5 Å². The van der Waals surface area contributed by atoms with Gasteiger partial charge in [-0.1, -0.05) is 36.4 Å². The third kappa shape index (κ3) is 4.58. The van der Waals surface area contributed by atoms with Crippen molar-refractivity contribution < 1.29 is 18.4 Å². The van der Waals surface area contributed by atoms with Crippen LogP contribution in [0.2, 0.25) is 0 Å². The third-order valence-corrected chi connectivity index (χ3v) is 7.69. The fourth-order valence-corrected chi connectivity index (χ4v) is 6.01. The number of aromatic nitrogens is 1. The molecule has 39 heavy (non-hydrogen) atoms. The number of furan rings is 1. The summed E-state index contributed by atoms with van der Waals surface area (Å²) in [4.78, 5) is 53.3. The van der Waals surface area contributed by atoms with Gasteiger partial charge < -0.3 is 23.6 Å². The van der Waals surface area contributed by atoms with E-state index < -0.39 is 6.04 Å². The number of pyridine rings is 1. The van der Waals surface area contributed by atoms with Gasteiger partial charge in [0, 0.05) is 48.9 Å². The van der Waals surface area contributed by atoms with Crippen LogP contribution in [-0.2, 0) is 22.6 Å². The van der Waals surface area contributed by atoms with Gasteiger partial charge in [-0.2, -0.15) is 0 Å². The third-order valence-electron chi connectivity index (χ3n) is 7.69. The van der Waals surface area contributed by atoms with Gasteiger partial charge in [-0.05, 0) is 32.3 Å². The molecule has 3 aromatic heterocycles. The number of benzene rings is 1. The lowest BCUT2D eigenvalue weighted by atomic mass is 9.83. The number of aryl methyl sites for hydroxylation is 1. The molecule has 1 aromatic carbocycles. The van der Waals surface area contributed by atoms with E-state index in [-0.39, 0.29) is 52.2 Å². The van der Waals surface area contributed by atoms with E-state index in [2.05, 4.69) is 5.32 Å². The summed E-state index contributed by atoms with van der Waals surface area (Å²) in [5.41, 5.74) is 2.12. The average molecular weight is 528 g/mol. The van der Waals surface area contributed by atoms with Crippen molar-refractivity contribution in [1.29, 1.82) is 0 Å². The summed E-state index contributed by atoms with van der Waals surface area (Å²) in [6.07, 6.45) is 0.817. The molecule has 4 aromatic rings. The second-order valence-corrected chi connectivity index (χ2v) is 10.6. The molecule has 3 atom stereocenters. The number of carbonyl (C=O) groups excluding carboxylic acids is 2. The van der Waals surface area contributed by atoms with Crippen molar-refractivity contribution in [3.63, 3.8) is 0 Å². The number of nitrogens with one attached hydrogen (secondary N) is 1. The molecule has 2 bridgehead atoms. The van der Waals surface area contributed by atoms with E-state index in [9.17, 15) is 19.2 Å². The minimum Gasteiger partial charge on any atom is -0.457 e. The molecule has 5 heterocycles. The Labute approximate surface area is 224 Å². The predicted molar refractivity (Wildman–Crippen MR) is 144 cm³/mol. The Balaban J connectivity index is 1.21. The van der Waals surface area contributed by atoms with Crippen molar-refractivity contribution in [2.75, 3.05) is 13.1 Å². The number of piperidine rings is 1. The van der Waals surface area contributed by atoms with Crippen LogP contribution in [0.1, 0.15) is 36.3 Å². The molecule has 0 spiro atoms. The molecule has 1 N–H and O–H groups in total. The van der Waals surface area contributed by atoms with Gasteiger partial charge in [0.1, 0.15) is 17.6 Å². The largest absolute Gasteiger partial charge is 0.457 e. The van der Waals surface area contributed by atoms with Crippen molar-refractivity contribution in [2.45, 2.75) is 45.2 Å². The topological polar surface area (TPSA) is 115 Å². The van der Waals surface area contributed by atoms with Crippen molar-refractivity contribution in [3.05, 3.63) is 92.2 Å². The van der Waals surface area contributed by atoms with E-state index in [4.69, 9.17) is 8.83 Å². The zero-order valence-corrected chi connectivity index (χ0v) is 21.8. The number of amides is 2. The lowest BCUT2D eigenvalue weighted by molar-refractivity contribution is -0.138. The SMILES string of the molecule is Cc1cc(=O)c2oc(-c3ccccc3)c(CC(=O)NC(C)C(=O)N3CC4CC(C3)c3cccc(=O)n3C4)c2o1. The standard InChI is InChI=1S/C30H29N3O6/c1-17-11-24(34)29-28(38-17)22(27(39-29)20-7-4-3-5-8-20)13-25(35)31-18(2)30(37)32-14-19-12-21(16-32)23-9-6-10-26(36)33(23)15-19/h3-11,18-19,21H,12-16H2,1-2H3,(H,31,35). The number of hydrogen-bond donors (Lipinski definition) is 1. The fourth-order valence-electron chi connectivity index (χ4n) is 6.01. The Hall–Kier alpha value is -4.40. The monoisotopic (exact) mass is 527 g/mol. The Bertz CT molecular complexity index is 1700. The first-order valence-corrected chi connectivity index (χ1v) is 13.2. The number of likely N-dealkylation sites (tertiary alicyclic amines) is 1. The first-order chi connectivity index (χ1) is 18.8. The molecule has 2 amide bonds. The van der Waals surface area contributed by atoms with Crippen LogP contribution in [0, 0.1) is 12.8 Å². The molecule has 1 saturated heterocycles. The maximum atomic E-state index is 13.4. The van der Waals surface area contributed by atoms with Gasteiger partial charge in [0.2, 0.25) is 22.8 Å². The van der Waals surface area contributed by atoms with E-state index >= 15 is 0 Å². The summed E-state index contributed by atoms with van der Waals surface area (Å²) in [6, 6.07) is 15.1. The van der Waals surface area contributed by atoms with E-state index in [0.717, 1.165) is 12.1 Å². The summed E-state index contributed by atoms with van der Waals surface area (Å²) in [5, 5.41) is 2.84. The summed E-state index contributed by atoms with van der Waals surface area (Å²) < 4.78 is 13.6. The van der Waals surface area contributed by atoms with Crippen LogP contribution in [0.15, 0.2) is 73.0 Å². The van der Waals surface area contributed by atoms with Crippen LogP contribution in [0.5, 0.6) is 0 Å². The first kappa shape index (κ1) is 24.9. The molecule has 0 saturated carbocycles. The van der Waals surface area contributed by atoms with Crippen molar-refractivity contribution >= 4 is 23.0 Å². The van der Waals surface area contributed by atoms with E-state index in [1.54, 1.807) is 30.9 Å². The molecule has 3 unspecified atom stereocenters. The van der Waals surface area contributed by atoms with Crippen LogP contribution in [0.4, 0.5) is 0 Å². The van der Waals surface area contributed by atoms with Crippen LogP contribution >= 0.6 is 0 Å². The van der Waals surface area contributed by atoms with Crippen LogP contribution in [-0.4, -0.2) is 40.4 Å². The zero-order valence-electron chi connectivity index (χ0n) is 21.8. The highest BCUT2D eigenvalue weighted by Crippen LogP contribution is 2.35. The van der Waals surface area contributed by atoms with Crippen molar-refractivity contribution in [3.8, 4) is 11.3 Å². The van der Waals surface area contributed by atoms with Gasteiger partial charge in [0.05, 0.1) is 12.0 Å². The van der Waals surface area contributed by atoms with Gasteiger partial charge in [-0.3, -0.25) is 19.2 Å². The molecule has 200 valence electrons. The minimum absolute atomic E-state index is 0.00437. The second-order valence-electron chi connectivity index (χ2n) is 10.6. The predicted octanol–water partition coefficient (Wildman–Crippen LogP) is 3.22.